The van der Waals surface area contributed by atoms with E-state index in [1.165, 1.54) is 0 Å². The summed E-state index contributed by atoms with van der Waals surface area (Å²) in [5, 5.41) is 10.8. The second kappa shape index (κ2) is 4.41. The van der Waals surface area contributed by atoms with Gasteiger partial charge in [0.15, 0.2) is 0 Å². The molecule has 0 saturated carbocycles. The van der Waals surface area contributed by atoms with Gasteiger partial charge in [0.2, 0.25) is 0 Å². The smallest absolute Gasteiger partial charge is 0.0736 e. The number of pyridine rings is 1. The average Bonchev–Trinajstić information content (AvgIpc) is 2.74. The van der Waals surface area contributed by atoms with E-state index >= 15 is 0 Å². The van der Waals surface area contributed by atoms with E-state index in [9.17, 15) is 0 Å². The summed E-state index contributed by atoms with van der Waals surface area (Å²) in [6, 6.07) is 1.84. The van der Waals surface area contributed by atoms with Crippen LogP contribution in [0.4, 0.5) is 11.4 Å². The van der Waals surface area contributed by atoms with Crippen molar-refractivity contribution in [3.63, 3.8) is 0 Å². The van der Waals surface area contributed by atoms with Crippen LogP contribution in [0.5, 0.6) is 0 Å². The van der Waals surface area contributed by atoms with Crippen LogP contribution >= 0.6 is 0 Å². The van der Waals surface area contributed by atoms with E-state index in [4.69, 9.17) is 5.73 Å². The molecule has 0 atom stereocenters. The highest BCUT2D eigenvalue weighted by atomic mass is 15.4. The summed E-state index contributed by atoms with van der Waals surface area (Å²) < 4.78 is 1.75. The Morgan fingerprint density at radius 1 is 1.40 bits per heavy atom. The van der Waals surface area contributed by atoms with Gasteiger partial charge in [-0.15, -0.1) is 5.10 Å². The van der Waals surface area contributed by atoms with E-state index < -0.39 is 0 Å². The summed E-state index contributed by atoms with van der Waals surface area (Å²) in [7, 11) is 0. The van der Waals surface area contributed by atoms with Gasteiger partial charge < -0.3 is 11.1 Å². The molecule has 0 aromatic carbocycles. The molecule has 0 amide bonds. The summed E-state index contributed by atoms with van der Waals surface area (Å²) in [5.74, 6) is 0. The maximum atomic E-state index is 5.72. The monoisotopic (exact) mass is 204 g/mol. The van der Waals surface area contributed by atoms with Crippen molar-refractivity contribution in [2.45, 2.75) is 6.54 Å². The van der Waals surface area contributed by atoms with Gasteiger partial charge in [0.1, 0.15) is 0 Å². The van der Waals surface area contributed by atoms with Crippen LogP contribution in [0.2, 0.25) is 0 Å². The molecule has 6 heteroatoms. The van der Waals surface area contributed by atoms with Crippen LogP contribution in [0.1, 0.15) is 0 Å². The first-order chi connectivity index (χ1) is 7.36. The Balaban J connectivity index is 1.86. The molecule has 0 aliphatic heterocycles. The lowest BCUT2D eigenvalue weighted by molar-refractivity contribution is 0.609. The van der Waals surface area contributed by atoms with Crippen molar-refractivity contribution < 1.29 is 0 Å². The van der Waals surface area contributed by atoms with Gasteiger partial charge in [-0.25, -0.2) is 0 Å². The third-order valence-corrected chi connectivity index (χ3v) is 1.98. The molecular weight excluding hydrogens is 192 g/mol. The number of nitrogens with zero attached hydrogens (tertiary/aromatic N) is 4. The van der Waals surface area contributed by atoms with Gasteiger partial charge in [0.05, 0.1) is 30.3 Å². The van der Waals surface area contributed by atoms with Crippen LogP contribution in [0.15, 0.2) is 30.9 Å². The zero-order chi connectivity index (χ0) is 10.5. The number of nitrogen functional groups attached to an aromatic ring is 1. The van der Waals surface area contributed by atoms with Gasteiger partial charge in [-0.3, -0.25) is 9.67 Å². The van der Waals surface area contributed by atoms with Crippen molar-refractivity contribution in [3.8, 4) is 0 Å². The van der Waals surface area contributed by atoms with Crippen molar-refractivity contribution in [1.29, 1.82) is 0 Å². The van der Waals surface area contributed by atoms with Gasteiger partial charge in [-0.1, -0.05) is 5.21 Å². The maximum Gasteiger partial charge on any atom is 0.0736 e. The molecule has 0 aliphatic rings. The molecule has 15 heavy (non-hydrogen) atoms. The Labute approximate surface area is 87.1 Å². The number of nitrogens with two attached hydrogens (primary N) is 1. The van der Waals surface area contributed by atoms with Crippen molar-refractivity contribution in [2.24, 2.45) is 0 Å². The summed E-state index contributed by atoms with van der Waals surface area (Å²) in [6.45, 7) is 1.50. The van der Waals surface area contributed by atoms with E-state index in [-0.39, 0.29) is 0 Å². The second-order valence-electron chi connectivity index (χ2n) is 3.06. The maximum absolute atomic E-state index is 5.72. The zero-order valence-electron chi connectivity index (χ0n) is 8.17. The van der Waals surface area contributed by atoms with Gasteiger partial charge in [-0.05, 0) is 6.07 Å². The number of aromatic nitrogens is 4. The molecule has 0 fully saturated rings. The van der Waals surface area contributed by atoms with Crippen molar-refractivity contribution in [3.05, 3.63) is 30.9 Å². The van der Waals surface area contributed by atoms with Crippen molar-refractivity contribution >= 4 is 11.4 Å². The first kappa shape index (κ1) is 9.45. The van der Waals surface area contributed by atoms with Crippen LogP contribution in [0.25, 0.3) is 0 Å². The Kier molecular flexibility index (Phi) is 2.77. The molecule has 2 aromatic heterocycles. The summed E-state index contributed by atoms with van der Waals surface area (Å²) >= 11 is 0. The summed E-state index contributed by atoms with van der Waals surface area (Å²) in [5.41, 5.74) is 7.26. The predicted molar refractivity (Wildman–Crippen MR) is 57.2 cm³/mol. The Bertz CT molecular complexity index is 410. The van der Waals surface area contributed by atoms with E-state index in [1.807, 2.05) is 12.3 Å². The summed E-state index contributed by atoms with van der Waals surface area (Å²) in [6.07, 6.45) is 6.80. The van der Waals surface area contributed by atoms with Crippen molar-refractivity contribution in [1.82, 2.24) is 20.0 Å². The van der Waals surface area contributed by atoms with Gasteiger partial charge in [-0.2, -0.15) is 0 Å². The molecular formula is C9H12N6. The average molecular weight is 204 g/mol. The fourth-order valence-corrected chi connectivity index (χ4v) is 1.22. The number of hydrogen-bond donors (Lipinski definition) is 2. The first-order valence-corrected chi connectivity index (χ1v) is 4.64. The predicted octanol–water partition coefficient (Wildman–Crippen LogP) is 0.367. The lowest BCUT2D eigenvalue weighted by Gasteiger charge is -2.07. The standard InChI is InChI=1S/C9H12N6/c10-8-7-11-2-1-9(8)12-3-5-15-6-4-13-14-15/h1-2,4,6-7H,3,5,10H2,(H,11,12). The quantitative estimate of drug-likeness (QED) is 0.751. The van der Waals surface area contributed by atoms with Crippen LogP contribution in [-0.4, -0.2) is 26.5 Å². The summed E-state index contributed by atoms with van der Waals surface area (Å²) in [4.78, 5) is 3.91. The van der Waals surface area contributed by atoms with E-state index in [0.29, 0.717) is 5.69 Å². The lowest BCUT2D eigenvalue weighted by Crippen LogP contribution is -2.12. The molecule has 2 heterocycles. The SMILES string of the molecule is Nc1cnccc1NCCn1ccnn1. The lowest BCUT2D eigenvalue weighted by atomic mass is 10.3. The first-order valence-electron chi connectivity index (χ1n) is 4.64. The number of nitrogens with one attached hydrogen (secondary N) is 1. The molecule has 0 bridgehead atoms. The topological polar surface area (TPSA) is 81.6 Å². The molecule has 0 radical (unpaired) electrons. The fourth-order valence-electron chi connectivity index (χ4n) is 1.22. The van der Waals surface area contributed by atoms with Gasteiger partial charge >= 0.3 is 0 Å². The van der Waals surface area contributed by atoms with E-state index in [0.717, 1.165) is 18.8 Å². The third kappa shape index (κ3) is 2.43. The number of anilines is 2. The second-order valence-corrected chi connectivity index (χ2v) is 3.06. The molecule has 2 rings (SSSR count). The van der Waals surface area contributed by atoms with Crippen LogP contribution in [0, 0.1) is 0 Å². The van der Waals surface area contributed by atoms with E-state index in [2.05, 4.69) is 20.6 Å². The van der Waals surface area contributed by atoms with Crippen molar-refractivity contribution in [2.75, 3.05) is 17.6 Å². The minimum atomic E-state index is 0.649. The van der Waals surface area contributed by atoms with Crippen LogP contribution in [0.3, 0.4) is 0 Å². The van der Waals surface area contributed by atoms with Crippen LogP contribution in [-0.2, 0) is 6.54 Å². The molecule has 0 aliphatic carbocycles. The minimum absolute atomic E-state index is 0.649. The molecule has 0 unspecified atom stereocenters. The number of hydrogen-bond acceptors (Lipinski definition) is 5. The Hall–Kier alpha value is -2.11. The molecule has 2 aromatic rings. The third-order valence-electron chi connectivity index (χ3n) is 1.98. The fraction of sp³-hybridized carbons (Fsp3) is 0.222. The molecule has 0 saturated heterocycles. The van der Waals surface area contributed by atoms with Gasteiger partial charge in [0.25, 0.3) is 0 Å². The van der Waals surface area contributed by atoms with Crippen LogP contribution < -0.4 is 11.1 Å². The minimum Gasteiger partial charge on any atom is -0.396 e. The van der Waals surface area contributed by atoms with Gasteiger partial charge in [0, 0.05) is 18.9 Å². The van der Waals surface area contributed by atoms with E-state index in [1.54, 1.807) is 23.3 Å². The largest absolute Gasteiger partial charge is 0.396 e. The molecule has 78 valence electrons. The highest BCUT2D eigenvalue weighted by molar-refractivity contribution is 5.63. The highest BCUT2D eigenvalue weighted by Gasteiger charge is 1.96. The normalized spacial score (nSPS) is 10.1. The Morgan fingerprint density at radius 3 is 3.07 bits per heavy atom. The Morgan fingerprint density at radius 2 is 2.33 bits per heavy atom. The zero-order valence-corrected chi connectivity index (χ0v) is 8.17. The number of rotatable bonds is 4. The molecule has 6 nitrogen and oxygen atoms in total. The molecule has 3 N–H and O–H groups in total. The molecule has 0 spiro atoms. The highest BCUT2D eigenvalue weighted by Crippen LogP contribution is 2.14.